The zero-order valence-corrected chi connectivity index (χ0v) is 17.7. The van der Waals surface area contributed by atoms with Crippen molar-refractivity contribution in [3.63, 3.8) is 0 Å². The molecule has 0 aromatic carbocycles. The van der Waals surface area contributed by atoms with Crippen molar-refractivity contribution >= 4 is 52.9 Å². The van der Waals surface area contributed by atoms with E-state index in [1.165, 1.54) is 5.56 Å². The largest absolute Gasteiger partial charge is 0.357 e. The Morgan fingerprint density at radius 3 is 2.83 bits per heavy atom. The second kappa shape index (κ2) is 10.2. The number of thiophene rings is 1. The Bertz CT molecular complexity index is 610. The summed E-state index contributed by atoms with van der Waals surface area (Å²) in [4.78, 5) is 6.84. The van der Waals surface area contributed by atoms with Crippen molar-refractivity contribution in [3.8, 4) is 0 Å². The lowest BCUT2D eigenvalue weighted by atomic mass is 10.2. The fourth-order valence-electron chi connectivity index (χ4n) is 2.24. The lowest BCUT2D eigenvalue weighted by Crippen LogP contribution is -2.39. The molecule has 0 bridgehead atoms. The van der Waals surface area contributed by atoms with Gasteiger partial charge in [0.15, 0.2) is 5.96 Å². The molecule has 0 spiro atoms. The van der Waals surface area contributed by atoms with Crippen LogP contribution in [-0.2, 0) is 20.0 Å². The van der Waals surface area contributed by atoms with Crippen LogP contribution in [0.15, 0.2) is 34.1 Å². The third-order valence-electron chi connectivity index (χ3n) is 3.41. The topological polar surface area (TPSA) is 32.6 Å². The third-order valence-corrected chi connectivity index (χ3v) is 4.35. The summed E-state index contributed by atoms with van der Waals surface area (Å²) in [5, 5.41) is 8.40. The quantitative estimate of drug-likeness (QED) is 0.396. The second-order valence-corrected chi connectivity index (χ2v) is 6.45. The normalized spacial score (nSPS) is 11.2. The van der Waals surface area contributed by atoms with Crippen LogP contribution in [0.25, 0.3) is 0 Å². The maximum atomic E-state index is 6.05. The lowest BCUT2D eigenvalue weighted by Gasteiger charge is -2.22. The molecule has 0 aliphatic carbocycles. The van der Waals surface area contributed by atoms with E-state index in [1.54, 1.807) is 11.3 Å². The molecule has 2 rings (SSSR count). The zero-order chi connectivity index (χ0) is 15.9. The fraction of sp³-hybridized carbons (Fsp3) is 0.438. The summed E-state index contributed by atoms with van der Waals surface area (Å²) in [5.41, 5.74) is 2.51. The van der Waals surface area contributed by atoms with E-state index >= 15 is 0 Å². The Balaban J connectivity index is 0.00000264. The molecule has 1 N–H and O–H groups in total. The summed E-state index contributed by atoms with van der Waals surface area (Å²) >= 11 is 7.78. The minimum absolute atomic E-state index is 0. The Labute approximate surface area is 164 Å². The standard InChI is InChI=1S/C16H23ClN4S.HI/c1-4-18-16(19-7-5-13-6-8-22-12-13)21(3)11-15-9-14(17)10-20(15)2;/h6,8-10,12H,4-5,7,11H2,1-3H3,(H,18,19);1H. The average Bonchev–Trinajstić information content (AvgIpc) is 3.08. The van der Waals surface area contributed by atoms with Gasteiger partial charge in [-0.1, -0.05) is 11.6 Å². The van der Waals surface area contributed by atoms with Gasteiger partial charge in [-0.2, -0.15) is 11.3 Å². The number of hydrogen-bond acceptors (Lipinski definition) is 2. The van der Waals surface area contributed by atoms with Crippen molar-refractivity contribution in [3.05, 3.63) is 45.4 Å². The van der Waals surface area contributed by atoms with Gasteiger partial charge in [0.05, 0.1) is 11.6 Å². The number of aromatic nitrogens is 1. The van der Waals surface area contributed by atoms with E-state index < -0.39 is 0 Å². The Morgan fingerprint density at radius 1 is 1.48 bits per heavy atom. The molecule has 0 saturated carbocycles. The molecule has 0 aliphatic rings. The van der Waals surface area contributed by atoms with E-state index in [-0.39, 0.29) is 24.0 Å². The van der Waals surface area contributed by atoms with Gasteiger partial charge in [0.1, 0.15) is 0 Å². The van der Waals surface area contributed by atoms with Crippen LogP contribution in [0.2, 0.25) is 5.02 Å². The number of aliphatic imine (C=N–C) groups is 1. The molecule has 23 heavy (non-hydrogen) atoms. The van der Waals surface area contributed by atoms with Crippen LogP contribution in [-0.4, -0.2) is 35.6 Å². The first-order valence-electron chi connectivity index (χ1n) is 7.41. The van der Waals surface area contributed by atoms with E-state index in [0.717, 1.165) is 42.7 Å². The molecule has 0 unspecified atom stereocenters. The zero-order valence-electron chi connectivity index (χ0n) is 13.8. The highest BCUT2D eigenvalue weighted by Crippen LogP contribution is 2.14. The van der Waals surface area contributed by atoms with Crippen LogP contribution in [0, 0.1) is 0 Å². The fourth-order valence-corrected chi connectivity index (χ4v) is 3.21. The molecule has 0 aliphatic heterocycles. The molecule has 7 heteroatoms. The molecule has 0 amide bonds. The first-order valence-corrected chi connectivity index (χ1v) is 8.73. The molecule has 128 valence electrons. The molecule has 4 nitrogen and oxygen atoms in total. The van der Waals surface area contributed by atoms with E-state index in [4.69, 9.17) is 16.6 Å². The predicted octanol–water partition coefficient (Wildman–Crippen LogP) is 4.00. The maximum Gasteiger partial charge on any atom is 0.194 e. The van der Waals surface area contributed by atoms with E-state index in [9.17, 15) is 0 Å². The van der Waals surface area contributed by atoms with Gasteiger partial charge < -0.3 is 14.8 Å². The summed E-state index contributed by atoms with van der Waals surface area (Å²) in [7, 11) is 4.06. The molecular weight excluding hydrogens is 443 g/mol. The van der Waals surface area contributed by atoms with Gasteiger partial charge in [0.2, 0.25) is 0 Å². The van der Waals surface area contributed by atoms with Crippen LogP contribution in [0.5, 0.6) is 0 Å². The number of guanidine groups is 1. The van der Waals surface area contributed by atoms with Crippen LogP contribution in [0.3, 0.4) is 0 Å². The minimum Gasteiger partial charge on any atom is -0.357 e. The highest BCUT2D eigenvalue weighted by molar-refractivity contribution is 14.0. The summed E-state index contributed by atoms with van der Waals surface area (Å²) in [6.45, 7) is 4.50. The van der Waals surface area contributed by atoms with Crippen molar-refractivity contribution in [2.24, 2.45) is 12.0 Å². The van der Waals surface area contributed by atoms with E-state index in [2.05, 4.69) is 34.0 Å². The SMILES string of the molecule is CCNC(=NCCc1ccsc1)N(C)Cc1cc(Cl)cn1C.I. The van der Waals surface area contributed by atoms with Gasteiger partial charge in [0.25, 0.3) is 0 Å². The number of aryl methyl sites for hydroxylation is 1. The third kappa shape index (κ3) is 6.35. The van der Waals surface area contributed by atoms with Gasteiger partial charge >= 0.3 is 0 Å². The van der Waals surface area contributed by atoms with Gasteiger partial charge in [-0.15, -0.1) is 24.0 Å². The Kier molecular flexibility index (Phi) is 9.01. The number of halogens is 2. The van der Waals surface area contributed by atoms with Gasteiger partial charge in [-0.25, -0.2) is 0 Å². The predicted molar refractivity (Wildman–Crippen MR) is 111 cm³/mol. The van der Waals surface area contributed by atoms with Crippen molar-refractivity contribution in [2.75, 3.05) is 20.1 Å². The summed E-state index contributed by atoms with van der Waals surface area (Å²) in [6, 6.07) is 4.15. The first-order chi connectivity index (χ1) is 10.6. The lowest BCUT2D eigenvalue weighted by molar-refractivity contribution is 0.462. The summed E-state index contributed by atoms with van der Waals surface area (Å²) < 4.78 is 2.05. The van der Waals surface area contributed by atoms with Crippen molar-refractivity contribution < 1.29 is 0 Å². The van der Waals surface area contributed by atoms with Crippen molar-refractivity contribution in [1.82, 2.24) is 14.8 Å². The number of nitrogens with zero attached hydrogens (tertiary/aromatic N) is 3. The van der Waals surface area contributed by atoms with Crippen LogP contribution >= 0.6 is 46.9 Å². The highest BCUT2D eigenvalue weighted by atomic mass is 127. The Hall–Kier alpha value is -0.730. The number of rotatable bonds is 6. The molecule has 0 fully saturated rings. The monoisotopic (exact) mass is 466 g/mol. The number of hydrogen-bond donors (Lipinski definition) is 1. The van der Waals surface area contributed by atoms with Crippen LogP contribution in [0.1, 0.15) is 18.2 Å². The summed E-state index contributed by atoms with van der Waals surface area (Å²) in [5.74, 6) is 0.926. The second-order valence-electron chi connectivity index (χ2n) is 5.23. The van der Waals surface area contributed by atoms with Crippen LogP contribution in [0.4, 0.5) is 0 Å². The van der Waals surface area contributed by atoms with Gasteiger partial charge in [-0.05, 0) is 41.8 Å². The molecular formula is C16H24ClIN4S. The molecule has 2 aromatic rings. The van der Waals surface area contributed by atoms with Gasteiger partial charge in [-0.3, -0.25) is 4.99 Å². The minimum atomic E-state index is 0. The van der Waals surface area contributed by atoms with Crippen molar-refractivity contribution in [2.45, 2.75) is 19.9 Å². The van der Waals surface area contributed by atoms with E-state index in [1.807, 2.05) is 30.9 Å². The molecule has 0 atom stereocenters. The molecule has 2 aromatic heterocycles. The van der Waals surface area contributed by atoms with Gasteiger partial charge in [0, 0.05) is 39.1 Å². The highest BCUT2D eigenvalue weighted by Gasteiger charge is 2.09. The molecule has 0 saturated heterocycles. The average molecular weight is 467 g/mol. The first kappa shape index (κ1) is 20.3. The van der Waals surface area contributed by atoms with Crippen LogP contribution < -0.4 is 5.32 Å². The van der Waals surface area contributed by atoms with Crippen molar-refractivity contribution in [1.29, 1.82) is 0 Å². The smallest absolute Gasteiger partial charge is 0.194 e. The van der Waals surface area contributed by atoms with E-state index in [0.29, 0.717) is 0 Å². The number of nitrogens with one attached hydrogen (secondary N) is 1. The summed E-state index contributed by atoms with van der Waals surface area (Å²) in [6.07, 6.45) is 2.90. The molecule has 0 radical (unpaired) electrons. The Morgan fingerprint density at radius 2 is 2.26 bits per heavy atom. The maximum absolute atomic E-state index is 6.05. The molecule has 2 heterocycles.